The molecule has 0 amide bonds. The van der Waals surface area contributed by atoms with Crippen molar-refractivity contribution in [2.24, 2.45) is 5.84 Å². The maximum Gasteiger partial charge on any atom is 0.433 e. The van der Waals surface area contributed by atoms with Crippen molar-refractivity contribution in [1.82, 2.24) is 10.2 Å². The Hall–Kier alpha value is -2.26. The van der Waals surface area contributed by atoms with Gasteiger partial charge in [0.2, 0.25) is 5.13 Å². The lowest BCUT2D eigenvalue weighted by atomic mass is 10.4. The van der Waals surface area contributed by atoms with Gasteiger partial charge in [0.15, 0.2) is 0 Å². The summed E-state index contributed by atoms with van der Waals surface area (Å²) in [6, 6.07) is 2.78. The molecule has 8 nitrogen and oxygen atoms in total. The fourth-order valence-corrected chi connectivity index (χ4v) is 1.60. The molecule has 0 radical (unpaired) electrons. The van der Waals surface area contributed by atoms with Gasteiger partial charge in [-0.1, -0.05) is 11.3 Å². The molecule has 0 bridgehead atoms. The van der Waals surface area contributed by atoms with Crippen LogP contribution in [0.3, 0.4) is 0 Å². The smallest absolute Gasteiger partial charge is 0.401 e. The molecule has 2 aromatic rings. The zero-order valence-electron chi connectivity index (χ0n) is 8.36. The van der Waals surface area contributed by atoms with E-state index in [4.69, 9.17) is 10.3 Å². The topological polar surface area (TPSA) is 120 Å². The molecule has 9 heteroatoms. The van der Waals surface area contributed by atoms with Gasteiger partial charge >= 0.3 is 5.88 Å². The quantitative estimate of drug-likeness (QED) is 0.481. The van der Waals surface area contributed by atoms with Crippen molar-refractivity contribution in [3.63, 3.8) is 0 Å². The van der Waals surface area contributed by atoms with E-state index in [2.05, 4.69) is 15.6 Å². The van der Waals surface area contributed by atoms with Gasteiger partial charge in [0, 0.05) is 0 Å². The summed E-state index contributed by atoms with van der Waals surface area (Å²) >= 11 is 1.24. The van der Waals surface area contributed by atoms with Gasteiger partial charge in [-0.3, -0.25) is 15.5 Å². The SMILES string of the molecule is NNc1nnc(C=Cc2ccc([N+](=O)[O-])o2)s1. The third-order valence-electron chi connectivity index (χ3n) is 1.75. The molecule has 2 rings (SSSR count). The van der Waals surface area contributed by atoms with Crippen molar-refractivity contribution in [1.29, 1.82) is 0 Å². The maximum atomic E-state index is 10.4. The molecule has 17 heavy (non-hydrogen) atoms. The number of hydrogen-bond donors (Lipinski definition) is 2. The summed E-state index contributed by atoms with van der Waals surface area (Å²) in [5, 5.41) is 19.0. The molecule has 0 atom stereocenters. The van der Waals surface area contributed by atoms with Gasteiger partial charge in [0.05, 0.1) is 6.07 Å². The Balaban J connectivity index is 2.11. The van der Waals surface area contributed by atoms with Crippen LogP contribution in [-0.2, 0) is 0 Å². The Bertz CT molecular complexity index is 561. The van der Waals surface area contributed by atoms with E-state index < -0.39 is 4.92 Å². The number of hydrazine groups is 1. The van der Waals surface area contributed by atoms with Crippen LogP contribution < -0.4 is 11.3 Å². The molecule has 88 valence electrons. The minimum Gasteiger partial charge on any atom is -0.401 e. The fraction of sp³-hybridized carbons (Fsp3) is 0. The van der Waals surface area contributed by atoms with Gasteiger partial charge in [0.1, 0.15) is 15.7 Å². The summed E-state index contributed by atoms with van der Waals surface area (Å²) in [7, 11) is 0. The Morgan fingerprint density at radius 1 is 1.47 bits per heavy atom. The summed E-state index contributed by atoms with van der Waals surface area (Å²) in [4.78, 5) is 9.78. The lowest BCUT2D eigenvalue weighted by Crippen LogP contribution is -2.05. The molecule has 0 fully saturated rings. The van der Waals surface area contributed by atoms with Gasteiger partial charge in [-0.15, -0.1) is 10.2 Å². The number of anilines is 1. The number of nitro groups is 1. The second-order valence-corrected chi connectivity index (χ2v) is 3.87. The summed E-state index contributed by atoms with van der Waals surface area (Å²) < 4.78 is 4.93. The van der Waals surface area contributed by atoms with Crippen LogP contribution >= 0.6 is 11.3 Å². The molecule has 2 aromatic heterocycles. The molecule has 0 aliphatic carbocycles. The predicted octanol–water partition coefficient (Wildman–Crippen LogP) is 1.50. The first kappa shape index (κ1) is 11.2. The van der Waals surface area contributed by atoms with Crippen LogP contribution in [-0.4, -0.2) is 15.1 Å². The second kappa shape index (κ2) is 4.72. The van der Waals surface area contributed by atoms with E-state index in [1.54, 1.807) is 12.2 Å². The number of nitrogens with zero attached hydrogens (tertiary/aromatic N) is 3. The Morgan fingerprint density at radius 2 is 2.29 bits per heavy atom. The van der Waals surface area contributed by atoms with Crippen LogP contribution in [0.5, 0.6) is 0 Å². The van der Waals surface area contributed by atoms with Crippen LogP contribution in [0.2, 0.25) is 0 Å². The monoisotopic (exact) mass is 253 g/mol. The van der Waals surface area contributed by atoms with Crippen LogP contribution in [0.15, 0.2) is 16.5 Å². The molecule has 0 spiro atoms. The van der Waals surface area contributed by atoms with E-state index in [1.165, 1.54) is 23.5 Å². The van der Waals surface area contributed by atoms with Crippen molar-refractivity contribution in [3.8, 4) is 0 Å². The van der Waals surface area contributed by atoms with Crippen LogP contribution in [0.25, 0.3) is 12.2 Å². The molecular formula is C8H7N5O3S. The highest BCUT2D eigenvalue weighted by Crippen LogP contribution is 2.19. The maximum absolute atomic E-state index is 10.4. The number of nitrogens with two attached hydrogens (primary N) is 1. The molecule has 0 aromatic carbocycles. The largest absolute Gasteiger partial charge is 0.433 e. The Kier molecular flexibility index (Phi) is 3.12. The highest BCUT2D eigenvalue weighted by atomic mass is 32.1. The first-order chi connectivity index (χ1) is 8.19. The molecule has 0 saturated carbocycles. The summed E-state index contributed by atoms with van der Waals surface area (Å²) in [5.41, 5.74) is 2.36. The molecular weight excluding hydrogens is 246 g/mol. The molecule has 0 aliphatic rings. The second-order valence-electron chi connectivity index (χ2n) is 2.86. The average molecular weight is 253 g/mol. The van der Waals surface area contributed by atoms with E-state index in [0.717, 1.165) is 0 Å². The lowest BCUT2D eigenvalue weighted by Gasteiger charge is -1.84. The third kappa shape index (κ3) is 2.65. The zero-order valence-corrected chi connectivity index (χ0v) is 9.18. The minimum absolute atomic E-state index is 0.300. The van der Waals surface area contributed by atoms with Crippen molar-refractivity contribution in [2.75, 3.05) is 5.43 Å². The summed E-state index contributed by atoms with van der Waals surface area (Å²) in [6.07, 6.45) is 3.19. The van der Waals surface area contributed by atoms with Gasteiger partial charge in [-0.05, 0) is 18.2 Å². The van der Waals surface area contributed by atoms with E-state index in [9.17, 15) is 10.1 Å². The van der Waals surface area contributed by atoms with E-state index in [1.807, 2.05) is 0 Å². The number of aromatic nitrogens is 2. The molecule has 0 aliphatic heterocycles. The Morgan fingerprint density at radius 3 is 2.88 bits per heavy atom. The van der Waals surface area contributed by atoms with E-state index >= 15 is 0 Å². The molecule has 2 heterocycles. The number of hydrogen-bond acceptors (Lipinski definition) is 8. The van der Waals surface area contributed by atoms with Crippen molar-refractivity contribution < 1.29 is 9.34 Å². The van der Waals surface area contributed by atoms with Gasteiger partial charge < -0.3 is 4.42 Å². The van der Waals surface area contributed by atoms with Gasteiger partial charge in [0.25, 0.3) is 0 Å². The zero-order chi connectivity index (χ0) is 12.3. The van der Waals surface area contributed by atoms with Crippen LogP contribution in [0.1, 0.15) is 10.8 Å². The average Bonchev–Trinajstić information content (AvgIpc) is 2.95. The predicted molar refractivity (Wildman–Crippen MR) is 62.0 cm³/mol. The van der Waals surface area contributed by atoms with E-state index in [-0.39, 0.29) is 5.88 Å². The van der Waals surface area contributed by atoms with E-state index in [0.29, 0.717) is 15.9 Å². The van der Waals surface area contributed by atoms with Crippen molar-refractivity contribution in [3.05, 3.63) is 33.0 Å². The minimum atomic E-state index is -0.598. The fourth-order valence-electron chi connectivity index (χ4n) is 1.04. The first-order valence-corrected chi connectivity index (χ1v) is 5.23. The third-order valence-corrected chi connectivity index (χ3v) is 2.57. The highest BCUT2D eigenvalue weighted by Gasteiger charge is 2.09. The number of furan rings is 1. The summed E-state index contributed by atoms with van der Waals surface area (Å²) in [6.45, 7) is 0. The first-order valence-electron chi connectivity index (χ1n) is 4.41. The number of rotatable bonds is 4. The lowest BCUT2D eigenvalue weighted by molar-refractivity contribution is -0.402. The van der Waals surface area contributed by atoms with Crippen molar-refractivity contribution >= 4 is 34.5 Å². The van der Waals surface area contributed by atoms with Crippen LogP contribution in [0, 0.1) is 10.1 Å². The summed E-state index contributed by atoms with van der Waals surface area (Å²) in [5.74, 6) is 5.22. The van der Waals surface area contributed by atoms with Gasteiger partial charge in [-0.2, -0.15) is 0 Å². The molecule has 0 saturated heterocycles. The standard InChI is InChI=1S/C8H7N5O3S/c9-10-8-12-11-6(17-8)3-1-5-2-4-7(16-5)13(14)15/h1-4H,9H2,(H,10,12). The highest BCUT2D eigenvalue weighted by molar-refractivity contribution is 7.16. The van der Waals surface area contributed by atoms with Gasteiger partial charge in [-0.25, -0.2) is 5.84 Å². The van der Waals surface area contributed by atoms with Crippen LogP contribution in [0.4, 0.5) is 11.0 Å². The molecule has 3 N–H and O–H groups in total. The van der Waals surface area contributed by atoms with Crippen molar-refractivity contribution in [2.45, 2.75) is 0 Å². The number of nitrogens with one attached hydrogen (secondary N) is 1. The normalized spacial score (nSPS) is 10.9. The Labute approximate surface area is 98.9 Å². The molecule has 0 unspecified atom stereocenters. The number of nitrogen functional groups attached to an aromatic ring is 1.